The Hall–Kier alpha value is -3.53. The highest BCUT2D eigenvalue weighted by atomic mass is 16.6. The summed E-state index contributed by atoms with van der Waals surface area (Å²) in [6, 6.07) is 24.1. The van der Waals surface area contributed by atoms with Crippen molar-refractivity contribution in [3.63, 3.8) is 0 Å². The summed E-state index contributed by atoms with van der Waals surface area (Å²) in [7, 11) is 0. The summed E-state index contributed by atoms with van der Waals surface area (Å²) in [4.78, 5) is 14.2. The van der Waals surface area contributed by atoms with Crippen LogP contribution in [0, 0.1) is 6.92 Å². The zero-order chi connectivity index (χ0) is 19.1. The van der Waals surface area contributed by atoms with Crippen molar-refractivity contribution in [3.05, 3.63) is 96.1 Å². The zero-order valence-electron chi connectivity index (χ0n) is 15.1. The van der Waals surface area contributed by atoms with Gasteiger partial charge in [0.15, 0.2) is 0 Å². The lowest BCUT2D eigenvalue weighted by Crippen LogP contribution is -2.26. The van der Waals surface area contributed by atoms with Gasteiger partial charge in [-0.05, 0) is 54.5 Å². The standard InChI is InChI=1S/C23H21NO3/c1-18-19(10-8-16-22(18)25)11-9-17-27-23(26)24(20-12-4-2-5-13-20)21-14-6-3-7-15-21/h2-16,25H,17H2,1H3. The van der Waals surface area contributed by atoms with Gasteiger partial charge in [-0.3, -0.25) is 0 Å². The maximum absolute atomic E-state index is 12.7. The topological polar surface area (TPSA) is 49.8 Å². The minimum atomic E-state index is -0.454. The van der Waals surface area contributed by atoms with Gasteiger partial charge in [0.1, 0.15) is 12.4 Å². The number of hydrogen-bond donors (Lipinski definition) is 1. The van der Waals surface area contributed by atoms with E-state index >= 15 is 0 Å². The molecule has 0 saturated heterocycles. The minimum absolute atomic E-state index is 0.129. The number of hydrogen-bond acceptors (Lipinski definition) is 3. The molecular formula is C23H21NO3. The largest absolute Gasteiger partial charge is 0.508 e. The molecule has 136 valence electrons. The Morgan fingerprint density at radius 2 is 1.52 bits per heavy atom. The second-order valence-electron chi connectivity index (χ2n) is 5.98. The molecule has 0 aliphatic carbocycles. The molecular weight excluding hydrogens is 338 g/mol. The van der Waals surface area contributed by atoms with Gasteiger partial charge < -0.3 is 9.84 Å². The number of ether oxygens (including phenoxy) is 1. The van der Waals surface area contributed by atoms with Gasteiger partial charge in [-0.1, -0.05) is 54.6 Å². The maximum Gasteiger partial charge on any atom is 0.419 e. The molecule has 1 amide bonds. The Labute approximate surface area is 159 Å². The molecule has 4 heteroatoms. The first kappa shape index (κ1) is 18.3. The fourth-order valence-electron chi connectivity index (χ4n) is 2.69. The third-order valence-corrected chi connectivity index (χ3v) is 4.16. The Morgan fingerprint density at radius 1 is 0.926 bits per heavy atom. The van der Waals surface area contributed by atoms with Gasteiger partial charge in [0.05, 0.1) is 11.4 Å². The third kappa shape index (κ3) is 4.55. The van der Waals surface area contributed by atoms with Crippen molar-refractivity contribution in [3.8, 4) is 5.75 Å². The highest BCUT2D eigenvalue weighted by Gasteiger charge is 2.18. The van der Waals surface area contributed by atoms with Crippen LogP contribution < -0.4 is 4.90 Å². The first-order valence-corrected chi connectivity index (χ1v) is 8.69. The van der Waals surface area contributed by atoms with E-state index in [0.717, 1.165) is 22.5 Å². The summed E-state index contributed by atoms with van der Waals surface area (Å²) in [5, 5.41) is 9.74. The SMILES string of the molecule is Cc1c(O)cccc1C=CCOC(=O)N(c1ccccc1)c1ccccc1. The van der Waals surface area contributed by atoms with Crippen molar-refractivity contribution in [2.75, 3.05) is 11.5 Å². The number of phenols is 1. The van der Waals surface area contributed by atoms with Gasteiger partial charge in [-0.2, -0.15) is 0 Å². The van der Waals surface area contributed by atoms with E-state index in [0.29, 0.717) is 0 Å². The van der Waals surface area contributed by atoms with Crippen molar-refractivity contribution >= 4 is 23.5 Å². The summed E-state index contributed by atoms with van der Waals surface area (Å²) in [6.45, 7) is 1.97. The molecule has 0 aliphatic heterocycles. The number of benzene rings is 3. The van der Waals surface area contributed by atoms with Gasteiger partial charge in [-0.15, -0.1) is 0 Å². The van der Waals surface area contributed by atoms with Crippen molar-refractivity contribution in [1.29, 1.82) is 0 Å². The molecule has 0 unspecified atom stereocenters. The van der Waals surface area contributed by atoms with E-state index in [1.165, 1.54) is 4.90 Å². The summed E-state index contributed by atoms with van der Waals surface area (Å²) < 4.78 is 5.44. The van der Waals surface area contributed by atoms with Crippen LogP contribution in [0.15, 0.2) is 84.9 Å². The predicted octanol–water partition coefficient (Wildman–Crippen LogP) is 5.69. The second-order valence-corrected chi connectivity index (χ2v) is 5.98. The van der Waals surface area contributed by atoms with Crippen LogP contribution in [0.25, 0.3) is 6.08 Å². The number of carbonyl (C=O) groups excluding carboxylic acids is 1. The van der Waals surface area contributed by atoms with Crippen LogP contribution in [0.1, 0.15) is 11.1 Å². The molecule has 0 bridgehead atoms. The predicted molar refractivity (Wildman–Crippen MR) is 108 cm³/mol. The van der Waals surface area contributed by atoms with Crippen molar-refractivity contribution in [1.82, 2.24) is 0 Å². The molecule has 0 spiro atoms. The number of phenolic OH excluding ortho intramolecular Hbond substituents is 1. The average Bonchev–Trinajstić information content (AvgIpc) is 2.70. The Bertz CT molecular complexity index is 881. The second kappa shape index (κ2) is 8.72. The number of rotatable bonds is 5. The molecule has 0 atom stereocenters. The maximum atomic E-state index is 12.7. The fraction of sp³-hybridized carbons (Fsp3) is 0.0870. The lowest BCUT2D eigenvalue weighted by atomic mass is 10.1. The number of carbonyl (C=O) groups is 1. The lowest BCUT2D eigenvalue weighted by Gasteiger charge is -2.22. The average molecular weight is 359 g/mol. The summed E-state index contributed by atoms with van der Waals surface area (Å²) in [5.41, 5.74) is 3.15. The normalized spacial score (nSPS) is 10.7. The number of para-hydroxylation sites is 2. The van der Waals surface area contributed by atoms with Gasteiger partial charge in [0.2, 0.25) is 0 Å². The number of anilines is 2. The Morgan fingerprint density at radius 3 is 2.11 bits per heavy atom. The van der Waals surface area contributed by atoms with Gasteiger partial charge >= 0.3 is 6.09 Å². The first-order chi connectivity index (χ1) is 13.2. The van der Waals surface area contributed by atoms with Crippen LogP contribution in [0.4, 0.5) is 16.2 Å². The lowest BCUT2D eigenvalue weighted by molar-refractivity contribution is 0.169. The molecule has 0 fully saturated rings. The molecule has 1 N–H and O–H groups in total. The van der Waals surface area contributed by atoms with E-state index in [1.807, 2.05) is 79.7 Å². The van der Waals surface area contributed by atoms with E-state index in [1.54, 1.807) is 18.2 Å². The van der Waals surface area contributed by atoms with E-state index in [4.69, 9.17) is 4.74 Å². The van der Waals surface area contributed by atoms with Crippen LogP contribution in [0.2, 0.25) is 0 Å². The van der Waals surface area contributed by atoms with Gasteiger partial charge in [-0.25, -0.2) is 9.69 Å². The molecule has 3 rings (SSSR count). The van der Waals surface area contributed by atoms with Crippen molar-refractivity contribution in [2.24, 2.45) is 0 Å². The van der Waals surface area contributed by atoms with Crippen LogP contribution >= 0.6 is 0 Å². The third-order valence-electron chi connectivity index (χ3n) is 4.16. The molecule has 0 radical (unpaired) electrons. The van der Waals surface area contributed by atoms with Gasteiger partial charge in [0.25, 0.3) is 0 Å². The summed E-state index contributed by atoms with van der Waals surface area (Å²) >= 11 is 0. The Kier molecular flexibility index (Phi) is 5.90. The molecule has 0 aliphatic rings. The van der Waals surface area contributed by atoms with Crippen LogP contribution in [0.5, 0.6) is 5.75 Å². The fourth-order valence-corrected chi connectivity index (χ4v) is 2.69. The quantitative estimate of drug-likeness (QED) is 0.637. The summed E-state index contributed by atoms with van der Waals surface area (Å²) in [6.07, 6.45) is 3.13. The van der Waals surface area contributed by atoms with E-state index in [-0.39, 0.29) is 12.4 Å². The van der Waals surface area contributed by atoms with Crippen LogP contribution in [0.3, 0.4) is 0 Å². The molecule has 3 aromatic carbocycles. The molecule has 4 nitrogen and oxygen atoms in total. The van der Waals surface area contributed by atoms with Gasteiger partial charge in [0, 0.05) is 0 Å². The molecule has 27 heavy (non-hydrogen) atoms. The smallest absolute Gasteiger partial charge is 0.419 e. The van der Waals surface area contributed by atoms with Crippen molar-refractivity contribution in [2.45, 2.75) is 6.92 Å². The number of nitrogens with zero attached hydrogens (tertiary/aromatic N) is 1. The minimum Gasteiger partial charge on any atom is -0.508 e. The van der Waals surface area contributed by atoms with E-state index in [9.17, 15) is 9.90 Å². The summed E-state index contributed by atoms with van der Waals surface area (Å²) in [5.74, 6) is 0.244. The Balaban J connectivity index is 1.72. The molecule has 0 heterocycles. The van der Waals surface area contributed by atoms with E-state index < -0.39 is 6.09 Å². The monoisotopic (exact) mass is 359 g/mol. The van der Waals surface area contributed by atoms with Crippen LogP contribution in [-0.4, -0.2) is 17.8 Å². The number of aromatic hydroxyl groups is 1. The highest BCUT2D eigenvalue weighted by molar-refractivity contribution is 5.95. The number of amides is 1. The first-order valence-electron chi connectivity index (χ1n) is 8.69. The van der Waals surface area contributed by atoms with E-state index in [2.05, 4.69) is 0 Å². The van der Waals surface area contributed by atoms with Crippen molar-refractivity contribution < 1.29 is 14.6 Å². The highest BCUT2D eigenvalue weighted by Crippen LogP contribution is 2.26. The molecule has 3 aromatic rings. The van der Waals surface area contributed by atoms with Crippen LogP contribution in [-0.2, 0) is 4.74 Å². The molecule has 0 saturated carbocycles. The zero-order valence-corrected chi connectivity index (χ0v) is 15.1. The molecule has 0 aromatic heterocycles.